The number of hydrogen-bond donors (Lipinski definition) is 1. The monoisotopic (exact) mass is 298 g/mol. The number of hydrogen-bond acceptors (Lipinski definition) is 5. The highest BCUT2D eigenvalue weighted by atomic mass is 32.2. The van der Waals surface area contributed by atoms with E-state index in [0.717, 1.165) is 11.8 Å². The van der Waals surface area contributed by atoms with E-state index in [2.05, 4.69) is 0 Å². The molecule has 0 fully saturated rings. The van der Waals surface area contributed by atoms with Crippen molar-refractivity contribution in [3.05, 3.63) is 33.9 Å². The van der Waals surface area contributed by atoms with Crippen LogP contribution in [0.25, 0.3) is 0 Å². The van der Waals surface area contributed by atoms with E-state index in [0.29, 0.717) is 0 Å². The Labute approximate surface area is 119 Å². The van der Waals surface area contributed by atoms with Gasteiger partial charge in [-0.2, -0.15) is 0 Å². The van der Waals surface area contributed by atoms with E-state index < -0.39 is 16.1 Å². The standard InChI is InChI=1S/C12H14N2O5S/c1-7(12(16)17)20-10-5-4-8(11(15)13(2)3)6-9(10)14(18)19/h4-7H,1-3H3,(H,16,17). The van der Waals surface area contributed by atoms with Crippen molar-refractivity contribution in [2.24, 2.45) is 0 Å². The third kappa shape index (κ3) is 3.70. The Morgan fingerprint density at radius 2 is 2.00 bits per heavy atom. The van der Waals surface area contributed by atoms with Crippen LogP contribution in [0.3, 0.4) is 0 Å². The smallest absolute Gasteiger partial charge is 0.316 e. The molecule has 0 bridgehead atoms. The maximum atomic E-state index is 11.8. The molecule has 0 aliphatic heterocycles. The minimum Gasteiger partial charge on any atom is -0.480 e. The first kappa shape index (κ1) is 16.0. The molecule has 1 amide bonds. The highest BCUT2D eigenvalue weighted by Crippen LogP contribution is 2.33. The van der Waals surface area contributed by atoms with Gasteiger partial charge < -0.3 is 10.0 Å². The second kappa shape index (κ2) is 6.38. The van der Waals surface area contributed by atoms with Gasteiger partial charge >= 0.3 is 5.97 Å². The molecule has 0 aliphatic rings. The quantitative estimate of drug-likeness (QED) is 0.506. The predicted molar refractivity (Wildman–Crippen MR) is 74.1 cm³/mol. The Bertz CT molecular complexity index is 559. The summed E-state index contributed by atoms with van der Waals surface area (Å²) in [6, 6.07) is 4.02. The summed E-state index contributed by atoms with van der Waals surface area (Å²) >= 11 is 0.869. The lowest BCUT2D eigenvalue weighted by Gasteiger charge is -2.11. The number of carbonyl (C=O) groups excluding carboxylic acids is 1. The fraction of sp³-hybridized carbons (Fsp3) is 0.333. The number of nitro benzene ring substituents is 1. The number of thioether (sulfide) groups is 1. The molecule has 1 unspecified atom stereocenters. The van der Waals surface area contributed by atoms with E-state index in [-0.39, 0.29) is 22.1 Å². The van der Waals surface area contributed by atoms with Crippen LogP contribution in [0.4, 0.5) is 5.69 Å². The first-order valence-electron chi connectivity index (χ1n) is 5.63. The Morgan fingerprint density at radius 3 is 2.45 bits per heavy atom. The molecule has 0 saturated carbocycles. The maximum Gasteiger partial charge on any atom is 0.316 e. The summed E-state index contributed by atoms with van der Waals surface area (Å²) in [5.74, 6) is -1.41. The second-order valence-electron chi connectivity index (χ2n) is 4.24. The Hall–Kier alpha value is -2.09. The van der Waals surface area contributed by atoms with Gasteiger partial charge in [-0.15, -0.1) is 11.8 Å². The first-order chi connectivity index (χ1) is 9.23. The summed E-state index contributed by atoms with van der Waals surface area (Å²) in [6.45, 7) is 1.44. The van der Waals surface area contributed by atoms with Crippen LogP contribution in [0.2, 0.25) is 0 Å². The van der Waals surface area contributed by atoms with Gasteiger partial charge in [0.2, 0.25) is 0 Å². The number of carboxylic acids is 1. The topological polar surface area (TPSA) is 101 Å². The van der Waals surface area contributed by atoms with Crippen molar-refractivity contribution in [3.8, 4) is 0 Å². The van der Waals surface area contributed by atoms with Gasteiger partial charge in [0.15, 0.2) is 0 Å². The third-order valence-corrected chi connectivity index (χ3v) is 3.61. The van der Waals surface area contributed by atoms with Crippen molar-refractivity contribution in [3.63, 3.8) is 0 Å². The van der Waals surface area contributed by atoms with E-state index in [1.807, 2.05) is 0 Å². The van der Waals surface area contributed by atoms with Gasteiger partial charge in [-0.05, 0) is 19.1 Å². The molecule has 7 nitrogen and oxygen atoms in total. The number of rotatable bonds is 5. The van der Waals surface area contributed by atoms with Gasteiger partial charge in [0.05, 0.1) is 9.82 Å². The summed E-state index contributed by atoms with van der Waals surface area (Å²) < 4.78 is 0. The summed E-state index contributed by atoms with van der Waals surface area (Å²) in [6.07, 6.45) is 0. The zero-order valence-electron chi connectivity index (χ0n) is 11.2. The lowest BCUT2D eigenvalue weighted by Crippen LogP contribution is -2.21. The van der Waals surface area contributed by atoms with Crippen molar-refractivity contribution >= 4 is 29.3 Å². The van der Waals surface area contributed by atoms with Gasteiger partial charge in [-0.25, -0.2) is 0 Å². The molecule has 108 valence electrons. The van der Waals surface area contributed by atoms with Gasteiger partial charge in [0, 0.05) is 25.7 Å². The number of carbonyl (C=O) groups is 2. The number of carboxylic acid groups (broad SMARTS) is 1. The average molecular weight is 298 g/mol. The number of amides is 1. The van der Waals surface area contributed by atoms with Crippen molar-refractivity contribution in [2.75, 3.05) is 14.1 Å². The number of aliphatic carboxylic acids is 1. The van der Waals surface area contributed by atoms with Crippen molar-refractivity contribution < 1.29 is 19.6 Å². The highest BCUT2D eigenvalue weighted by molar-refractivity contribution is 8.00. The third-order valence-electron chi connectivity index (χ3n) is 2.46. The lowest BCUT2D eigenvalue weighted by atomic mass is 10.2. The van der Waals surface area contributed by atoms with Crippen LogP contribution >= 0.6 is 11.8 Å². The Balaban J connectivity index is 3.18. The zero-order valence-corrected chi connectivity index (χ0v) is 12.0. The number of nitro groups is 1. The second-order valence-corrected chi connectivity index (χ2v) is 5.62. The molecule has 1 rings (SSSR count). The number of nitrogens with zero attached hydrogens (tertiary/aromatic N) is 2. The minimum atomic E-state index is -1.06. The van der Waals surface area contributed by atoms with Crippen molar-refractivity contribution in [1.82, 2.24) is 4.90 Å². The number of benzene rings is 1. The molecule has 1 aromatic rings. The molecule has 1 aromatic carbocycles. The van der Waals surface area contributed by atoms with E-state index in [1.165, 1.54) is 30.0 Å². The molecule has 0 aliphatic carbocycles. The minimum absolute atomic E-state index is 0.189. The Kier molecular flexibility index (Phi) is 5.09. The fourth-order valence-electron chi connectivity index (χ4n) is 1.39. The molecule has 0 heterocycles. The van der Waals surface area contributed by atoms with Crippen molar-refractivity contribution in [2.45, 2.75) is 17.1 Å². The van der Waals surface area contributed by atoms with E-state index >= 15 is 0 Å². The molecule has 8 heteroatoms. The van der Waals surface area contributed by atoms with Crippen LogP contribution in [-0.2, 0) is 4.79 Å². The van der Waals surface area contributed by atoms with Crippen LogP contribution in [0, 0.1) is 10.1 Å². The van der Waals surface area contributed by atoms with Gasteiger partial charge in [0.1, 0.15) is 5.25 Å². The van der Waals surface area contributed by atoms with E-state index in [4.69, 9.17) is 5.11 Å². The normalized spacial score (nSPS) is 11.8. The average Bonchev–Trinajstić information content (AvgIpc) is 2.37. The molecule has 20 heavy (non-hydrogen) atoms. The largest absolute Gasteiger partial charge is 0.480 e. The van der Waals surface area contributed by atoms with Gasteiger partial charge in [-0.1, -0.05) is 0 Å². The van der Waals surface area contributed by atoms with Crippen LogP contribution in [0.1, 0.15) is 17.3 Å². The summed E-state index contributed by atoms with van der Waals surface area (Å²) in [4.78, 5) is 34.5. The molecule has 0 saturated heterocycles. The SMILES string of the molecule is CC(Sc1ccc(C(=O)N(C)C)cc1[N+](=O)[O-])C(=O)O. The summed E-state index contributed by atoms with van der Waals surface area (Å²) in [5.41, 5.74) is -0.0789. The van der Waals surface area contributed by atoms with Gasteiger partial charge in [-0.3, -0.25) is 19.7 Å². The predicted octanol–water partition coefficient (Wildman–Crippen LogP) is 1.86. The zero-order chi connectivity index (χ0) is 15.4. The van der Waals surface area contributed by atoms with Crippen LogP contribution < -0.4 is 0 Å². The highest BCUT2D eigenvalue weighted by Gasteiger charge is 2.22. The van der Waals surface area contributed by atoms with Crippen LogP contribution in [-0.4, -0.2) is 46.2 Å². The molecule has 1 atom stereocenters. The van der Waals surface area contributed by atoms with Crippen molar-refractivity contribution in [1.29, 1.82) is 0 Å². The summed E-state index contributed by atoms with van der Waals surface area (Å²) in [7, 11) is 3.09. The summed E-state index contributed by atoms with van der Waals surface area (Å²) in [5, 5.41) is 19.1. The molecule has 0 aromatic heterocycles. The molecule has 1 N–H and O–H groups in total. The molecule has 0 spiro atoms. The lowest BCUT2D eigenvalue weighted by molar-refractivity contribution is -0.387. The maximum absolute atomic E-state index is 11.8. The van der Waals surface area contributed by atoms with Crippen LogP contribution in [0.5, 0.6) is 0 Å². The first-order valence-corrected chi connectivity index (χ1v) is 6.51. The Morgan fingerprint density at radius 1 is 1.40 bits per heavy atom. The van der Waals surface area contributed by atoms with E-state index in [1.54, 1.807) is 14.1 Å². The molecular weight excluding hydrogens is 284 g/mol. The molecule has 0 radical (unpaired) electrons. The van der Waals surface area contributed by atoms with E-state index in [9.17, 15) is 19.7 Å². The van der Waals surface area contributed by atoms with Gasteiger partial charge in [0.25, 0.3) is 11.6 Å². The molecular formula is C12H14N2O5S. The fourth-order valence-corrected chi connectivity index (χ4v) is 2.27. The van der Waals surface area contributed by atoms with Crippen LogP contribution in [0.15, 0.2) is 23.1 Å².